The summed E-state index contributed by atoms with van der Waals surface area (Å²) in [5.74, 6) is -0.0450. The smallest absolute Gasteiger partial charge is 0.218 e. The first-order valence-corrected chi connectivity index (χ1v) is 8.40. The predicted octanol–water partition coefficient (Wildman–Crippen LogP) is 2.54. The van der Waals surface area contributed by atoms with Crippen LogP contribution >= 0.6 is 35.6 Å². The van der Waals surface area contributed by atoms with Gasteiger partial charge in [0.1, 0.15) is 0 Å². The van der Waals surface area contributed by atoms with Crippen LogP contribution in [0.5, 0.6) is 0 Å². The number of hydrogen-bond donors (Lipinski definition) is 1. The molecular formula is C12H17Cl3N2O2S. The van der Waals surface area contributed by atoms with E-state index < -0.39 is 10.0 Å². The van der Waals surface area contributed by atoms with Gasteiger partial charge in [0.15, 0.2) is 0 Å². The third-order valence-corrected chi connectivity index (χ3v) is 5.61. The number of halogens is 3. The second kappa shape index (κ2) is 7.29. The van der Waals surface area contributed by atoms with Crippen LogP contribution in [0, 0.1) is 0 Å². The van der Waals surface area contributed by atoms with E-state index in [4.69, 9.17) is 23.2 Å². The topological polar surface area (TPSA) is 49.4 Å². The van der Waals surface area contributed by atoms with Crippen molar-refractivity contribution in [3.8, 4) is 0 Å². The van der Waals surface area contributed by atoms with E-state index in [0.29, 0.717) is 35.2 Å². The first kappa shape index (κ1) is 18.0. The highest BCUT2D eigenvalue weighted by Gasteiger charge is 2.26. The molecule has 1 N–H and O–H groups in total. The van der Waals surface area contributed by atoms with Crippen LogP contribution in [0.4, 0.5) is 0 Å². The molecule has 1 unspecified atom stereocenters. The third-order valence-electron chi connectivity index (χ3n) is 3.06. The summed E-state index contributed by atoms with van der Waals surface area (Å²) < 4.78 is 26.2. The van der Waals surface area contributed by atoms with Crippen LogP contribution in [0.3, 0.4) is 0 Å². The first-order chi connectivity index (χ1) is 8.88. The molecule has 4 nitrogen and oxygen atoms in total. The maximum absolute atomic E-state index is 12.3. The lowest BCUT2D eigenvalue weighted by Gasteiger charge is -2.31. The quantitative estimate of drug-likeness (QED) is 0.902. The molecule has 0 aromatic heterocycles. The zero-order chi connectivity index (χ0) is 14.0. The molecule has 0 radical (unpaired) electrons. The Hall–Kier alpha value is -0.0400. The molecule has 20 heavy (non-hydrogen) atoms. The number of nitrogens with one attached hydrogen (secondary N) is 1. The first-order valence-electron chi connectivity index (χ1n) is 6.03. The van der Waals surface area contributed by atoms with Gasteiger partial charge in [-0.1, -0.05) is 29.3 Å². The van der Waals surface area contributed by atoms with Gasteiger partial charge in [-0.25, -0.2) is 8.42 Å². The maximum Gasteiger partial charge on any atom is 0.218 e. The fourth-order valence-corrected chi connectivity index (χ4v) is 4.01. The molecule has 1 aliphatic rings. The molecule has 0 aliphatic carbocycles. The van der Waals surface area contributed by atoms with E-state index in [1.807, 2.05) is 6.92 Å². The van der Waals surface area contributed by atoms with Crippen LogP contribution in [-0.4, -0.2) is 38.4 Å². The summed E-state index contributed by atoms with van der Waals surface area (Å²) in [7, 11) is -3.31. The fraction of sp³-hybridized carbons (Fsp3) is 0.500. The van der Waals surface area contributed by atoms with Crippen LogP contribution in [0.15, 0.2) is 18.2 Å². The Morgan fingerprint density at radius 2 is 2.05 bits per heavy atom. The summed E-state index contributed by atoms with van der Waals surface area (Å²) in [6.07, 6.45) is 0. The molecule has 0 bridgehead atoms. The minimum atomic E-state index is -3.31. The summed E-state index contributed by atoms with van der Waals surface area (Å²) in [6.45, 7) is 3.67. The highest BCUT2D eigenvalue weighted by Crippen LogP contribution is 2.24. The van der Waals surface area contributed by atoms with Gasteiger partial charge in [0.25, 0.3) is 0 Å². The number of hydrogen-bond acceptors (Lipinski definition) is 3. The van der Waals surface area contributed by atoms with Crippen LogP contribution in [0.25, 0.3) is 0 Å². The van der Waals surface area contributed by atoms with Crippen molar-refractivity contribution in [1.82, 2.24) is 9.62 Å². The van der Waals surface area contributed by atoms with E-state index in [1.165, 1.54) is 4.31 Å². The summed E-state index contributed by atoms with van der Waals surface area (Å²) in [5, 5.41) is 4.03. The van der Waals surface area contributed by atoms with Gasteiger partial charge < -0.3 is 5.32 Å². The molecule has 1 saturated heterocycles. The van der Waals surface area contributed by atoms with Gasteiger partial charge in [-0.2, -0.15) is 4.31 Å². The molecule has 114 valence electrons. The van der Waals surface area contributed by atoms with Crippen molar-refractivity contribution < 1.29 is 8.42 Å². The van der Waals surface area contributed by atoms with E-state index in [9.17, 15) is 8.42 Å². The Morgan fingerprint density at radius 3 is 2.65 bits per heavy atom. The Bertz CT molecular complexity index is 566. The second-order valence-electron chi connectivity index (χ2n) is 4.72. The molecule has 8 heteroatoms. The lowest BCUT2D eigenvalue weighted by Crippen LogP contribution is -2.51. The van der Waals surface area contributed by atoms with E-state index in [-0.39, 0.29) is 24.2 Å². The summed E-state index contributed by atoms with van der Waals surface area (Å²) in [6, 6.07) is 5.09. The molecule has 1 aromatic rings. The molecule has 0 saturated carbocycles. The Labute approximate surface area is 135 Å². The summed E-state index contributed by atoms with van der Waals surface area (Å²) in [5.41, 5.74) is 0.653. The monoisotopic (exact) mass is 358 g/mol. The Morgan fingerprint density at radius 1 is 1.35 bits per heavy atom. The molecule has 2 rings (SSSR count). The molecule has 1 aliphatic heterocycles. The van der Waals surface area contributed by atoms with Gasteiger partial charge in [0.2, 0.25) is 10.0 Å². The zero-order valence-electron chi connectivity index (χ0n) is 11.0. The van der Waals surface area contributed by atoms with Crippen molar-refractivity contribution in [3.05, 3.63) is 33.8 Å². The molecule has 1 fully saturated rings. The average Bonchev–Trinajstić information content (AvgIpc) is 2.33. The zero-order valence-corrected chi connectivity index (χ0v) is 14.1. The van der Waals surface area contributed by atoms with E-state index in [0.717, 1.165) is 0 Å². The largest absolute Gasteiger partial charge is 0.312 e. The van der Waals surface area contributed by atoms with Gasteiger partial charge in [0.05, 0.1) is 15.8 Å². The molecular weight excluding hydrogens is 343 g/mol. The average molecular weight is 360 g/mol. The van der Waals surface area contributed by atoms with Crippen LogP contribution in [-0.2, 0) is 15.8 Å². The fourth-order valence-electron chi connectivity index (χ4n) is 2.08. The minimum absolute atomic E-state index is 0. The van der Waals surface area contributed by atoms with Crippen LogP contribution in [0.2, 0.25) is 10.0 Å². The van der Waals surface area contributed by atoms with Crippen molar-refractivity contribution in [3.63, 3.8) is 0 Å². The number of piperazine rings is 1. The standard InChI is InChI=1S/C12H16Cl2N2O2S.ClH/c1-9-7-16(5-4-15-9)19(17,18)8-10-2-3-11(13)12(14)6-10;/h2-3,6,9,15H,4-5,7-8H2,1H3;1H. The summed E-state index contributed by atoms with van der Waals surface area (Å²) >= 11 is 11.7. The SMILES string of the molecule is CC1CN(S(=O)(=O)Cc2ccc(Cl)c(Cl)c2)CCN1.Cl. The molecule has 0 amide bonds. The van der Waals surface area contributed by atoms with Crippen LogP contribution < -0.4 is 5.32 Å². The van der Waals surface area contributed by atoms with Crippen molar-refractivity contribution in [2.75, 3.05) is 19.6 Å². The number of nitrogens with zero attached hydrogens (tertiary/aromatic N) is 1. The van der Waals surface area contributed by atoms with Crippen molar-refractivity contribution in [2.24, 2.45) is 0 Å². The van der Waals surface area contributed by atoms with E-state index in [2.05, 4.69) is 5.32 Å². The Kier molecular flexibility index (Phi) is 6.57. The van der Waals surface area contributed by atoms with Gasteiger partial charge in [-0.15, -0.1) is 12.4 Å². The molecule has 1 aromatic carbocycles. The second-order valence-corrected chi connectivity index (χ2v) is 7.50. The highest BCUT2D eigenvalue weighted by molar-refractivity contribution is 7.88. The molecule has 1 atom stereocenters. The van der Waals surface area contributed by atoms with E-state index >= 15 is 0 Å². The number of sulfonamides is 1. The van der Waals surface area contributed by atoms with Crippen molar-refractivity contribution >= 4 is 45.6 Å². The van der Waals surface area contributed by atoms with Crippen molar-refractivity contribution in [2.45, 2.75) is 18.7 Å². The maximum atomic E-state index is 12.3. The normalized spacial score (nSPS) is 20.4. The lowest BCUT2D eigenvalue weighted by molar-refractivity contribution is 0.310. The van der Waals surface area contributed by atoms with Crippen molar-refractivity contribution in [1.29, 1.82) is 0 Å². The van der Waals surface area contributed by atoms with Gasteiger partial charge in [-0.05, 0) is 24.6 Å². The predicted molar refractivity (Wildman–Crippen MR) is 85.4 cm³/mol. The lowest BCUT2D eigenvalue weighted by atomic mass is 10.2. The minimum Gasteiger partial charge on any atom is -0.312 e. The number of rotatable bonds is 3. The van der Waals surface area contributed by atoms with Gasteiger partial charge in [0, 0.05) is 25.7 Å². The third kappa shape index (κ3) is 4.48. The Balaban J connectivity index is 0.00000200. The molecule has 0 spiro atoms. The summed E-state index contributed by atoms with van der Waals surface area (Å²) in [4.78, 5) is 0. The molecule has 1 heterocycles. The van der Waals surface area contributed by atoms with Crippen LogP contribution in [0.1, 0.15) is 12.5 Å². The van der Waals surface area contributed by atoms with Gasteiger partial charge in [-0.3, -0.25) is 0 Å². The van der Waals surface area contributed by atoms with Gasteiger partial charge >= 0.3 is 0 Å². The highest BCUT2D eigenvalue weighted by atomic mass is 35.5. The van der Waals surface area contributed by atoms with E-state index in [1.54, 1.807) is 18.2 Å². The number of benzene rings is 1.